The predicted molar refractivity (Wildman–Crippen MR) is 84.2 cm³/mol. The van der Waals surface area contributed by atoms with Gasteiger partial charge in [-0.05, 0) is 45.4 Å². The van der Waals surface area contributed by atoms with Gasteiger partial charge in [0, 0.05) is 17.6 Å². The van der Waals surface area contributed by atoms with Crippen molar-refractivity contribution in [3.63, 3.8) is 0 Å². The zero-order valence-electron chi connectivity index (χ0n) is 13.0. The van der Waals surface area contributed by atoms with Gasteiger partial charge in [0.1, 0.15) is 5.75 Å². The lowest BCUT2D eigenvalue weighted by molar-refractivity contribution is 0.407. The highest BCUT2D eigenvalue weighted by Crippen LogP contribution is 2.28. The molecule has 1 N–H and O–H groups in total. The smallest absolute Gasteiger partial charge is 0.168 e. The molecule has 112 valence electrons. The summed E-state index contributed by atoms with van der Waals surface area (Å²) >= 11 is 0. The number of aryl methyl sites for hydroxylation is 1. The van der Waals surface area contributed by atoms with Crippen LogP contribution >= 0.6 is 0 Å². The average molecular weight is 287 g/mol. The van der Waals surface area contributed by atoms with Gasteiger partial charge in [-0.3, -0.25) is 0 Å². The van der Waals surface area contributed by atoms with E-state index >= 15 is 0 Å². The summed E-state index contributed by atoms with van der Waals surface area (Å²) in [5, 5.41) is 3.42. The van der Waals surface area contributed by atoms with Gasteiger partial charge in [-0.1, -0.05) is 30.3 Å². The van der Waals surface area contributed by atoms with E-state index in [0.29, 0.717) is 17.9 Å². The zero-order chi connectivity index (χ0) is 15.5. The molecule has 0 spiro atoms. The molecule has 0 aliphatic rings. The van der Waals surface area contributed by atoms with E-state index in [9.17, 15) is 4.39 Å². The van der Waals surface area contributed by atoms with Crippen LogP contribution in [0.15, 0.2) is 42.5 Å². The molecule has 0 heterocycles. The molecule has 2 nitrogen and oxygen atoms in total. The van der Waals surface area contributed by atoms with Crippen LogP contribution in [0.4, 0.5) is 4.39 Å². The fourth-order valence-electron chi connectivity index (χ4n) is 1.93. The van der Waals surface area contributed by atoms with Crippen LogP contribution in [0, 0.1) is 12.7 Å². The molecule has 2 aromatic carbocycles. The Balaban J connectivity index is 2.22. The lowest BCUT2D eigenvalue weighted by Gasteiger charge is -2.21. The molecule has 0 amide bonds. The van der Waals surface area contributed by atoms with Crippen LogP contribution in [0.25, 0.3) is 0 Å². The Labute approximate surface area is 126 Å². The fourth-order valence-corrected chi connectivity index (χ4v) is 1.93. The second-order valence-corrected chi connectivity index (χ2v) is 6.20. The summed E-state index contributed by atoms with van der Waals surface area (Å²) in [5.74, 6) is 0.632. The van der Waals surface area contributed by atoms with Gasteiger partial charge in [-0.25, -0.2) is 4.39 Å². The summed E-state index contributed by atoms with van der Waals surface area (Å²) in [6.07, 6.45) is 0. The van der Waals surface area contributed by atoms with E-state index in [1.807, 2.05) is 24.3 Å². The fraction of sp³-hybridized carbons (Fsp3) is 0.333. The van der Waals surface area contributed by atoms with E-state index in [1.54, 1.807) is 25.1 Å². The van der Waals surface area contributed by atoms with E-state index < -0.39 is 0 Å². The van der Waals surface area contributed by atoms with Gasteiger partial charge in [0.05, 0.1) is 0 Å². The van der Waals surface area contributed by atoms with Gasteiger partial charge in [0.2, 0.25) is 0 Å². The van der Waals surface area contributed by atoms with E-state index in [0.717, 1.165) is 5.56 Å². The van der Waals surface area contributed by atoms with Crippen molar-refractivity contribution in [2.24, 2.45) is 0 Å². The second kappa shape index (κ2) is 6.27. The third-order valence-corrected chi connectivity index (χ3v) is 3.16. The molecular weight excluding hydrogens is 265 g/mol. The van der Waals surface area contributed by atoms with Crippen LogP contribution < -0.4 is 10.1 Å². The summed E-state index contributed by atoms with van der Waals surface area (Å²) in [6.45, 7) is 8.73. The van der Waals surface area contributed by atoms with Crippen molar-refractivity contribution < 1.29 is 9.13 Å². The van der Waals surface area contributed by atoms with Crippen LogP contribution in [0.2, 0.25) is 0 Å². The summed E-state index contributed by atoms with van der Waals surface area (Å²) in [5.41, 5.74) is 1.60. The van der Waals surface area contributed by atoms with Crippen LogP contribution in [-0.4, -0.2) is 5.54 Å². The molecule has 0 unspecified atom stereocenters. The Morgan fingerprint density at radius 2 is 1.67 bits per heavy atom. The highest BCUT2D eigenvalue weighted by atomic mass is 19.1. The molecular formula is C18H22FNO. The lowest BCUT2D eigenvalue weighted by Crippen LogP contribution is -2.35. The molecule has 3 heteroatoms. The average Bonchev–Trinajstić information content (AvgIpc) is 2.42. The second-order valence-electron chi connectivity index (χ2n) is 6.20. The van der Waals surface area contributed by atoms with Crippen LogP contribution in [-0.2, 0) is 6.54 Å². The minimum Gasteiger partial charge on any atom is -0.454 e. The third kappa shape index (κ3) is 4.30. The number of ether oxygens (including phenoxy) is 1. The first-order valence-electron chi connectivity index (χ1n) is 7.13. The number of benzene rings is 2. The van der Waals surface area contributed by atoms with Gasteiger partial charge in [0.15, 0.2) is 11.6 Å². The number of halogens is 1. The van der Waals surface area contributed by atoms with Gasteiger partial charge >= 0.3 is 0 Å². The quantitative estimate of drug-likeness (QED) is 0.871. The van der Waals surface area contributed by atoms with E-state index in [-0.39, 0.29) is 17.1 Å². The van der Waals surface area contributed by atoms with Crippen molar-refractivity contribution in [3.05, 3.63) is 59.4 Å². The first kappa shape index (κ1) is 15.5. The Bertz CT molecular complexity index is 617. The topological polar surface area (TPSA) is 21.3 Å². The summed E-state index contributed by atoms with van der Waals surface area (Å²) in [6, 6.07) is 12.9. The predicted octanol–water partition coefficient (Wildman–Crippen LogP) is 4.81. The molecule has 0 atom stereocenters. The number of nitrogens with one attached hydrogen (secondary N) is 1. The van der Waals surface area contributed by atoms with Crippen LogP contribution in [0.1, 0.15) is 31.9 Å². The molecule has 0 aliphatic heterocycles. The first-order chi connectivity index (χ1) is 9.87. The molecule has 2 aromatic rings. The lowest BCUT2D eigenvalue weighted by atomic mass is 10.1. The van der Waals surface area contributed by atoms with E-state index in [2.05, 4.69) is 26.1 Å². The molecule has 0 saturated heterocycles. The normalized spacial score (nSPS) is 11.5. The molecule has 2 rings (SSSR count). The van der Waals surface area contributed by atoms with Gasteiger partial charge in [-0.15, -0.1) is 0 Å². The van der Waals surface area contributed by atoms with Gasteiger partial charge in [0.25, 0.3) is 0 Å². The maximum absolute atomic E-state index is 14.1. The van der Waals surface area contributed by atoms with Gasteiger partial charge < -0.3 is 10.1 Å². The SMILES string of the molecule is Cc1cccc(Oc2ccccc2CNC(C)(C)C)c1F. The van der Waals surface area contributed by atoms with Crippen LogP contribution in [0.5, 0.6) is 11.5 Å². The summed E-state index contributed by atoms with van der Waals surface area (Å²) in [7, 11) is 0. The first-order valence-corrected chi connectivity index (χ1v) is 7.13. The number of hydrogen-bond acceptors (Lipinski definition) is 2. The molecule has 0 aliphatic carbocycles. The minimum absolute atomic E-state index is 0.0156. The monoisotopic (exact) mass is 287 g/mol. The Morgan fingerprint density at radius 1 is 1.00 bits per heavy atom. The highest BCUT2D eigenvalue weighted by molar-refractivity contribution is 5.39. The van der Waals surface area contributed by atoms with Crippen molar-refractivity contribution in [1.29, 1.82) is 0 Å². The Kier molecular flexibility index (Phi) is 4.63. The molecule has 0 aromatic heterocycles. The van der Waals surface area contributed by atoms with Crippen molar-refractivity contribution in [2.75, 3.05) is 0 Å². The molecule has 0 saturated carbocycles. The standard InChI is InChI=1S/C18H22FNO/c1-13-8-7-11-16(17(13)19)21-15-10-6-5-9-14(15)12-20-18(2,3)4/h5-11,20H,12H2,1-4H3. The summed E-state index contributed by atoms with van der Waals surface area (Å²) < 4.78 is 19.8. The molecule has 0 fully saturated rings. The Hall–Kier alpha value is -1.87. The maximum Gasteiger partial charge on any atom is 0.168 e. The number of rotatable bonds is 4. The molecule has 0 radical (unpaired) electrons. The molecule has 21 heavy (non-hydrogen) atoms. The van der Waals surface area contributed by atoms with Gasteiger partial charge in [-0.2, -0.15) is 0 Å². The third-order valence-electron chi connectivity index (χ3n) is 3.16. The van der Waals surface area contributed by atoms with Crippen molar-refractivity contribution in [3.8, 4) is 11.5 Å². The van der Waals surface area contributed by atoms with E-state index in [4.69, 9.17) is 4.74 Å². The maximum atomic E-state index is 14.1. The number of para-hydroxylation sites is 1. The molecule has 0 bridgehead atoms. The van der Waals surface area contributed by atoms with E-state index in [1.165, 1.54) is 0 Å². The highest BCUT2D eigenvalue weighted by Gasteiger charge is 2.13. The largest absolute Gasteiger partial charge is 0.454 e. The van der Waals surface area contributed by atoms with Crippen molar-refractivity contribution in [1.82, 2.24) is 5.32 Å². The minimum atomic E-state index is -0.309. The zero-order valence-corrected chi connectivity index (χ0v) is 13.0. The Morgan fingerprint density at radius 3 is 2.38 bits per heavy atom. The number of hydrogen-bond donors (Lipinski definition) is 1. The van der Waals surface area contributed by atoms with Crippen LogP contribution in [0.3, 0.4) is 0 Å². The van der Waals surface area contributed by atoms with Crippen molar-refractivity contribution >= 4 is 0 Å². The summed E-state index contributed by atoms with van der Waals surface area (Å²) in [4.78, 5) is 0. The van der Waals surface area contributed by atoms with Crippen molar-refractivity contribution in [2.45, 2.75) is 39.8 Å².